The Hall–Kier alpha value is -2.99. The molecule has 0 radical (unpaired) electrons. The van der Waals surface area contributed by atoms with Crippen LogP contribution in [0.4, 0.5) is 0 Å². The molecule has 0 saturated carbocycles. The number of fused-ring (bicyclic) bond motifs is 1. The van der Waals surface area contributed by atoms with Crippen molar-refractivity contribution in [3.63, 3.8) is 0 Å². The number of nitrogens with one attached hydrogen (secondary N) is 2. The molecule has 0 aliphatic carbocycles. The second-order valence-electron chi connectivity index (χ2n) is 5.55. The molecule has 6 nitrogen and oxygen atoms in total. The molecule has 2 N–H and O–H groups in total. The molecule has 26 heavy (non-hydrogen) atoms. The molecule has 3 rings (SSSR count). The van der Waals surface area contributed by atoms with Crippen LogP contribution in [0.2, 0.25) is 5.02 Å². The van der Waals surface area contributed by atoms with E-state index in [0.29, 0.717) is 21.7 Å². The van der Waals surface area contributed by atoms with Crippen LogP contribution < -0.4 is 15.6 Å². The maximum Gasteiger partial charge on any atom is 0.305 e. The van der Waals surface area contributed by atoms with E-state index >= 15 is 0 Å². The van der Waals surface area contributed by atoms with Crippen LogP contribution in [0.3, 0.4) is 0 Å². The van der Waals surface area contributed by atoms with Gasteiger partial charge in [0.05, 0.1) is 0 Å². The topological polar surface area (TPSA) is 80.6 Å². The number of hydrogen-bond donors (Lipinski definition) is 2. The predicted octanol–water partition coefficient (Wildman–Crippen LogP) is 3.49. The van der Waals surface area contributed by atoms with Crippen LogP contribution in [-0.2, 0) is 11.2 Å². The molecular weight excluding hydrogens is 356 g/mol. The Morgan fingerprint density at radius 1 is 1.12 bits per heavy atom. The van der Waals surface area contributed by atoms with Crippen LogP contribution in [0.15, 0.2) is 52.9 Å². The minimum atomic E-state index is -0.570. The number of hydrazine groups is 1. The zero-order valence-corrected chi connectivity index (χ0v) is 14.8. The summed E-state index contributed by atoms with van der Waals surface area (Å²) in [6, 6.07) is 14.1. The average Bonchev–Trinajstić information content (AvgIpc) is 3.07. The summed E-state index contributed by atoms with van der Waals surface area (Å²) in [6.07, 6.45) is 0.796. The molecule has 0 aliphatic heterocycles. The zero-order chi connectivity index (χ0) is 18.5. The molecule has 1 aromatic heterocycles. The highest BCUT2D eigenvalue weighted by molar-refractivity contribution is 6.31. The minimum absolute atomic E-state index is 0.0693. The summed E-state index contributed by atoms with van der Waals surface area (Å²) >= 11 is 5.90. The van der Waals surface area contributed by atoms with Crippen molar-refractivity contribution in [3.05, 3.63) is 64.9 Å². The molecule has 0 bridgehead atoms. The number of hydrogen-bond acceptors (Lipinski definition) is 4. The van der Waals surface area contributed by atoms with Crippen LogP contribution in [0.25, 0.3) is 11.0 Å². The van der Waals surface area contributed by atoms with Gasteiger partial charge in [0.15, 0.2) is 12.4 Å². The monoisotopic (exact) mass is 372 g/mol. The molecule has 0 fully saturated rings. The molecule has 134 valence electrons. The molecule has 2 aromatic carbocycles. The van der Waals surface area contributed by atoms with Crippen LogP contribution in [0, 0.1) is 0 Å². The minimum Gasteiger partial charge on any atom is -0.483 e. The third kappa shape index (κ3) is 4.15. The number of para-hydroxylation sites is 1. The van der Waals surface area contributed by atoms with Crippen molar-refractivity contribution < 1.29 is 18.7 Å². The van der Waals surface area contributed by atoms with Crippen LogP contribution in [0.5, 0.6) is 5.75 Å². The summed E-state index contributed by atoms with van der Waals surface area (Å²) in [5.41, 5.74) is 6.13. The van der Waals surface area contributed by atoms with Crippen molar-refractivity contribution in [1.82, 2.24) is 10.9 Å². The predicted molar refractivity (Wildman–Crippen MR) is 98.1 cm³/mol. The quantitative estimate of drug-likeness (QED) is 0.672. The molecule has 7 heteroatoms. The molecule has 0 unspecified atom stereocenters. The summed E-state index contributed by atoms with van der Waals surface area (Å²) < 4.78 is 10.9. The molecular formula is C19H17ClN2O4. The fourth-order valence-electron chi connectivity index (χ4n) is 2.43. The van der Waals surface area contributed by atoms with E-state index in [9.17, 15) is 9.59 Å². The summed E-state index contributed by atoms with van der Waals surface area (Å²) in [6.45, 7) is 1.79. The van der Waals surface area contributed by atoms with Crippen molar-refractivity contribution in [1.29, 1.82) is 0 Å². The van der Waals surface area contributed by atoms with E-state index in [1.54, 1.807) is 30.3 Å². The van der Waals surface area contributed by atoms with E-state index < -0.39 is 11.8 Å². The Bertz CT molecular complexity index is 952. The van der Waals surface area contributed by atoms with Crippen LogP contribution in [0.1, 0.15) is 23.0 Å². The Balaban J connectivity index is 1.54. The maximum absolute atomic E-state index is 12.1. The van der Waals surface area contributed by atoms with Gasteiger partial charge in [-0.15, -0.1) is 0 Å². The summed E-state index contributed by atoms with van der Waals surface area (Å²) in [5, 5.41) is 1.25. The molecule has 0 spiro atoms. The Morgan fingerprint density at radius 3 is 2.73 bits per heavy atom. The molecule has 1 heterocycles. The van der Waals surface area contributed by atoms with Gasteiger partial charge in [0.1, 0.15) is 11.3 Å². The highest BCUT2D eigenvalue weighted by Crippen LogP contribution is 2.23. The average molecular weight is 373 g/mol. The number of amides is 2. The second kappa shape index (κ2) is 7.93. The first kappa shape index (κ1) is 17.8. The number of halogens is 1. The second-order valence-corrected chi connectivity index (χ2v) is 5.98. The Kier molecular flexibility index (Phi) is 5.43. The van der Waals surface area contributed by atoms with E-state index in [2.05, 4.69) is 10.9 Å². The normalized spacial score (nSPS) is 10.5. The lowest BCUT2D eigenvalue weighted by molar-refractivity contribution is -0.123. The fourth-order valence-corrected chi connectivity index (χ4v) is 2.61. The van der Waals surface area contributed by atoms with E-state index in [1.165, 1.54) is 0 Å². The van der Waals surface area contributed by atoms with Gasteiger partial charge in [-0.2, -0.15) is 0 Å². The first-order chi connectivity index (χ1) is 12.6. The van der Waals surface area contributed by atoms with E-state index in [-0.39, 0.29) is 12.4 Å². The standard InChI is InChI=1S/C19H17ClN2O4/c1-2-12-5-3-4-6-15(12)25-11-18(23)21-22-19(24)17-10-13-9-14(20)7-8-16(13)26-17/h3-10H,2,11H2,1H3,(H,21,23)(H,22,24). The molecule has 0 aliphatic rings. The van der Waals surface area contributed by atoms with Crippen molar-refractivity contribution in [2.45, 2.75) is 13.3 Å². The third-order valence-electron chi connectivity index (χ3n) is 3.73. The highest BCUT2D eigenvalue weighted by Gasteiger charge is 2.14. The largest absolute Gasteiger partial charge is 0.483 e. The van der Waals surface area contributed by atoms with Gasteiger partial charge < -0.3 is 9.15 Å². The van der Waals surface area contributed by atoms with Gasteiger partial charge in [-0.05, 0) is 42.3 Å². The lowest BCUT2D eigenvalue weighted by Gasteiger charge is -2.10. The Morgan fingerprint density at radius 2 is 1.92 bits per heavy atom. The van der Waals surface area contributed by atoms with Crippen LogP contribution >= 0.6 is 11.6 Å². The molecule has 2 amide bonds. The van der Waals surface area contributed by atoms with Crippen molar-refractivity contribution in [2.75, 3.05) is 6.61 Å². The first-order valence-corrected chi connectivity index (χ1v) is 8.43. The highest BCUT2D eigenvalue weighted by atomic mass is 35.5. The number of ether oxygens (including phenoxy) is 1. The number of furan rings is 1. The van der Waals surface area contributed by atoms with Gasteiger partial charge in [0.25, 0.3) is 5.91 Å². The zero-order valence-electron chi connectivity index (χ0n) is 14.0. The van der Waals surface area contributed by atoms with E-state index in [1.807, 2.05) is 25.1 Å². The van der Waals surface area contributed by atoms with Gasteiger partial charge in [-0.3, -0.25) is 20.4 Å². The molecule has 0 atom stereocenters. The Labute approximate surface area is 155 Å². The molecule has 3 aromatic rings. The first-order valence-electron chi connectivity index (χ1n) is 8.06. The number of carbonyl (C=O) groups is 2. The summed E-state index contributed by atoms with van der Waals surface area (Å²) in [4.78, 5) is 24.0. The van der Waals surface area contributed by atoms with Crippen molar-refractivity contribution >= 4 is 34.4 Å². The van der Waals surface area contributed by atoms with Gasteiger partial charge in [-0.25, -0.2) is 0 Å². The van der Waals surface area contributed by atoms with Gasteiger partial charge >= 0.3 is 5.91 Å². The fraction of sp³-hybridized carbons (Fsp3) is 0.158. The number of benzene rings is 2. The number of aryl methyl sites for hydroxylation is 1. The maximum atomic E-state index is 12.1. The SMILES string of the molecule is CCc1ccccc1OCC(=O)NNC(=O)c1cc2cc(Cl)ccc2o1. The van der Waals surface area contributed by atoms with Crippen molar-refractivity contribution in [2.24, 2.45) is 0 Å². The third-order valence-corrected chi connectivity index (χ3v) is 3.96. The van der Waals surface area contributed by atoms with Gasteiger partial charge in [-0.1, -0.05) is 36.7 Å². The molecule has 0 saturated heterocycles. The summed E-state index contributed by atoms with van der Waals surface area (Å²) in [7, 11) is 0. The van der Waals surface area contributed by atoms with Gasteiger partial charge in [0.2, 0.25) is 0 Å². The lowest BCUT2D eigenvalue weighted by atomic mass is 10.1. The van der Waals surface area contributed by atoms with Crippen molar-refractivity contribution in [3.8, 4) is 5.75 Å². The van der Waals surface area contributed by atoms with E-state index in [4.69, 9.17) is 20.8 Å². The number of rotatable bonds is 5. The van der Waals surface area contributed by atoms with E-state index in [0.717, 1.165) is 12.0 Å². The van der Waals surface area contributed by atoms with Crippen LogP contribution in [-0.4, -0.2) is 18.4 Å². The lowest BCUT2D eigenvalue weighted by Crippen LogP contribution is -2.43. The number of carbonyl (C=O) groups excluding carboxylic acids is 2. The summed E-state index contributed by atoms with van der Waals surface area (Å²) in [5.74, 6) is -0.339. The van der Waals surface area contributed by atoms with Gasteiger partial charge in [0, 0.05) is 10.4 Å². The smallest absolute Gasteiger partial charge is 0.305 e.